The topological polar surface area (TPSA) is 12.0 Å². The lowest BCUT2D eigenvalue weighted by atomic mass is 9.77. The Morgan fingerprint density at radius 2 is 2.00 bits per heavy atom. The predicted molar refractivity (Wildman–Crippen MR) is 79.2 cm³/mol. The normalized spacial score (nSPS) is 36.3. The van der Waals surface area contributed by atoms with E-state index in [1.807, 2.05) is 0 Å². The molecular formula is C18H25N. The van der Waals surface area contributed by atoms with Gasteiger partial charge in [0.25, 0.3) is 0 Å². The second kappa shape index (κ2) is 4.34. The SMILES string of the molecule is Cc1cccc(CC2(CNC3CC3)CC3CC3C2)c1. The monoisotopic (exact) mass is 255 g/mol. The summed E-state index contributed by atoms with van der Waals surface area (Å²) in [4.78, 5) is 0. The summed E-state index contributed by atoms with van der Waals surface area (Å²) in [7, 11) is 0. The maximum Gasteiger partial charge on any atom is 0.00684 e. The van der Waals surface area contributed by atoms with E-state index in [0.717, 1.165) is 17.9 Å². The minimum absolute atomic E-state index is 0.573. The molecule has 1 aromatic carbocycles. The van der Waals surface area contributed by atoms with Gasteiger partial charge in [0.05, 0.1) is 0 Å². The Balaban J connectivity index is 1.49. The Morgan fingerprint density at radius 1 is 1.21 bits per heavy atom. The molecule has 3 aliphatic rings. The molecular weight excluding hydrogens is 230 g/mol. The zero-order valence-electron chi connectivity index (χ0n) is 12.0. The van der Waals surface area contributed by atoms with Crippen LogP contribution in [0.4, 0.5) is 0 Å². The molecule has 0 heterocycles. The van der Waals surface area contributed by atoms with Gasteiger partial charge in [0.2, 0.25) is 0 Å². The van der Waals surface area contributed by atoms with E-state index in [4.69, 9.17) is 0 Å². The summed E-state index contributed by atoms with van der Waals surface area (Å²) in [6.07, 6.45) is 8.60. The molecule has 19 heavy (non-hydrogen) atoms. The number of rotatable bonds is 5. The number of hydrogen-bond acceptors (Lipinski definition) is 1. The van der Waals surface area contributed by atoms with Crippen LogP contribution in [0.3, 0.4) is 0 Å². The van der Waals surface area contributed by atoms with Crippen LogP contribution in [0.15, 0.2) is 24.3 Å². The molecule has 2 unspecified atom stereocenters. The van der Waals surface area contributed by atoms with E-state index < -0.39 is 0 Å². The quantitative estimate of drug-likeness (QED) is 0.846. The van der Waals surface area contributed by atoms with Crippen LogP contribution in [0, 0.1) is 24.2 Å². The molecule has 3 saturated carbocycles. The molecule has 0 aliphatic heterocycles. The van der Waals surface area contributed by atoms with Crippen molar-refractivity contribution < 1.29 is 0 Å². The summed E-state index contributed by atoms with van der Waals surface area (Å²) in [6.45, 7) is 3.48. The smallest absolute Gasteiger partial charge is 0.00684 e. The summed E-state index contributed by atoms with van der Waals surface area (Å²) < 4.78 is 0. The Labute approximate surface area is 116 Å². The predicted octanol–water partition coefficient (Wildman–Crippen LogP) is 3.71. The van der Waals surface area contributed by atoms with Crippen molar-refractivity contribution in [2.24, 2.45) is 17.3 Å². The van der Waals surface area contributed by atoms with Crippen molar-refractivity contribution in [1.82, 2.24) is 5.32 Å². The largest absolute Gasteiger partial charge is 0.313 e. The molecule has 1 N–H and O–H groups in total. The Hall–Kier alpha value is -0.820. The second-order valence-electron chi connectivity index (χ2n) is 7.49. The summed E-state index contributed by atoms with van der Waals surface area (Å²) in [5.41, 5.74) is 3.54. The van der Waals surface area contributed by atoms with E-state index in [9.17, 15) is 0 Å². The first-order valence-corrected chi connectivity index (χ1v) is 8.01. The molecule has 0 aromatic heterocycles. The van der Waals surface area contributed by atoms with Gasteiger partial charge in [-0.15, -0.1) is 0 Å². The van der Waals surface area contributed by atoms with Crippen LogP contribution >= 0.6 is 0 Å². The minimum atomic E-state index is 0.573. The summed E-state index contributed by atoms with van der Waals surface area (Å²) in [5, 5.41) is 3.82. The first kappa shape index (κ1) is 12.0. The number of fused-ring (bicyclic) bond motifs is 1. The standard InChI is InChI=1S/C18H25N/c1-13-3-2-4-14(7-13)9-18(12-19-17-5-6-17)10-15-8-16(15)11-18/h2-4,7,15-17,19H,5-6,8-12H2,1H3. The maximum atomic E-state index is 3.82. The van der Waals surface area contributed by atoms with Gasteiger partial charge in [0.1, 0.15) is 0 Å². The van der Waals surface area contributed by atoms with E-state index in [1.54, 1.807) is 5.56 Å². The average molecular weight is 255 g/mol. The van der Waals surface area contributed by atoms with Crippen LogP contribution in [0.25, 0.3) is 0 Å². The number of benzene rings is 1. The van der Waals surface area contributed by atoms with Gasteiger partial charge in [-0.25, -0.2) is 0 Å². The molecule has 3 aliphatic carbocycles. The van der Waals surface area contributed by atoms with Gasteiger partial charge in [0.15, 0.2) is 0 Å². The molecule has 0 saturated heterocycles. The molecule has 0 radical (unpaired) electrons. The average Bonchev–Trinajstić information content (AvgIpc) is 3.28. The van der Waals surface area contributed by atoms with E-state index in [-0.39, 0.29) is 0 Å². The van der Waals surface area contributed by atoms with E-state index >= 15 is 0 Å². The molecule has 2 atom stereocenters. The number of aryl methyl sites for hydroxylation is 1. The minimum Gasteiger partial charge on any atom is -0.313 e. The molecule has 3 fully saturated rings. The summed E-state index contributed by atoms with van der Waals surface area (Å²) in [6, 6.07) is 10.0. The fraction of sp³-hybridized carbons (Fsp3) is 0.667. The lowest BCUT2D eigenvalue weighted by Crippen LogP contribution is -2.36. The second-order valence-corrected chi connectivity index (χ2v) is 7.49. The zero-order chi connectivity index (χ0) is 12.9. The van der Waals surface area contributed by atoms with Crippen LogP contribution < -0.4 is 5.32 Å². The molecule has 0 spiro atoms. The van der Waals surface area contributed by atoms with Gasteiger partial charge in [-0.05, 0) is 68.3 Å². The molecule has 1 heteroatoms. The van der Waals surface area contributed by atoms with E-state index in [0.29, 0.717) is 5.41 Å². The van der Waals surface area contributed by atoms with Crippen molar-refractivity contribution >= 4 is 0 Å². The van der Waals surface area contributed by atoms with Crippen molar-refractivity contribution in [1.29, 1.82) is 0 Å². The highest BCUT2D eigenvalue weighted by molar-refractivity contribution is 5.24. The van der Waals surface area contributed by atoms with E-state index in [1.165, 1.54) is 50.6 Å². The van der Waals surface area contributed by atoms with Crippen molar-refractivity contribution in [3.63, 3.8) is 0 Å². The maximum absolute atomic E-state index is 3.82. The third-order valence-electron chi connectivity index (χ3n) is 5.46. The van der Waals surface area contributed by atoms with E-state index in [2.05, 4.69) is 36.5 Å². The number of nitrogens with one attached hydrogen (secondary N) is 1. The van der Waals surface area contributed by atoms with Gasteiger partial charge >= 0.3 is 0 Å². The van der Waals surface area contributed by atoms with Crippen molar-refractivity contribution in [2.75, 3.05) is 6.54 Å². The highest BCUT2D eigenvalue weighted by atomic mass is 15.0. The van der Waals surface area contributed by atoms with Crippen LogP contribution in [0.1, 0.15) is 43.2 Å². The van der Waals surface area contributed by atoms with Crippen LogP contribution in [-0.4, -0.2) is 12.6 Å². The van der Waals surface area contributed by atoms with Crippen molar-refractivity contribution in [2.45, 2.75) is 51.5 Å². The number of hydrogen-bond donors (Lipinski definition) is 1. The van der Waals surface area contributed by atoms with Gasteiger partial charge in [-0.1, -0.05) is 29.8 Å². The Morgan fingerprint density at radius 3 is 2.68 bits per heavy atom. The Bertz CT molecular complexity index is 464. The molecule has 102 valence electrons. The Kier molecular flexibility index (Phi) is 2.73. The molecule has 1 nitrogen and oxygen atoms in total. The molecule has 4 rings (SSSR count). The van der Waals surface area contributed by atoms with Crippen LogP contribution in [0.5, 0.6) is 0 Å². The first-order chi connectivity index (χ1) is 9.22. The summed E-state index contributed by atoms with van der Waals surface area (Å²) in [5.74, 6) is 2.15. The van der Waals surface area contributed by atoms with Crippen molar-refractivity contribution in [3.8, 4) is 0 Å². The molecule has 1 aromatic rings. The molecule has 0 bridgehead atoms. The third-order valence-corrected chi connectivity index (χ3v) is 5.46. The highest BCUT2D eigenvalue weighted by Gasteiger charge is 2.53. The lowest BCUT2D eigenvalue weighted by Gasteiger charge is -2.32. The summed E-state index contributed by atoms with van der Waals surface area (Å²) >= 11 is 0. The molecule has 0 amide bonds. The van der Waals surface area contributed by atoms with Gasteiger partial charge in [-0.2, -0.15) is 0 Å². The highest BCUT2D eigenvalue weighted by Crippen LogP contribution is 2.60. The van der Waals surface area contributed by atoms with Gasteiger partial charge in [-0.3, -0.25) is 0 Å². The van der Waals surface area contributed by atoms with Crippen molar-refractivity contribution in [3.05, 3.63) is 35.4 Å². The first-order valence-electron chi connectivity index (χ1n) is 8.01. The van der Waals surface area contributed by atoms with Crippen LogP contribution in [-0.2, 0) is 6.42 Å². The fourth-order valence-corrected chi connectivity index (χ4v) is 4.26. The van der Waals surface area contributed by atoms with Gasteiger partial charge in [0, 0.05) is 12.6 Å². The zero-order valence-corrected chi connectivity index (χ0v) is 12.0. The van der Waals surface area contributed by atoms with Gasteiger partial charge < -0.3 is 5.32 Å². The lowest BCUT2D eigenvalue weighted by molar-refractivity contribution is 0.247. The fourth-order valence-electron chi connectivity index (χ4n) is 4.26. The van der Waals surface area contributed by atoms with Crippen LogP contribution in [0.2, 0.25) is 0 Å². The third kappa shape index (κ3) is 2.58.